The number of rotatable bonds is 23. The molecule has 0 bridgehead atoms. The van der Waals surface area contributed by atoms with Crippen LogP contribution in [0.15, 0.2) is 152 Å². The first-order chi connectivity index (χ1) is 41.2. The molecule has 0 aliphatic rings. The smallest absolute Gasteiger partial charge is 0.251 e. The zero-order chi connectivity index (χ0) is 62.0. The van der Waals surface area contributed by atoms with Crippen molar-refractivity contribution in [3.05, 3.63) is 249 Å². The zero-order valence-corrected chi connectivity index (χ0v) is 47.2. The number of aryl methyl sites for hydroxylation is 2. The highest BCUT2D eigenvalue weighted by atomic mass is 19.2. The first kappa shape index (κ1) is 64.1. The van der Waals surface area contributed by atoms with Crippen LogP contribution < -0.4 is 11.5 Å². The van der Waals surface area contributed by atoms with Crippen LogP contribution in [0.2, 0.25) is 0 Å². The molecule has 4 aromatic heterocycles. The zero-order valence-electron chi connectivity index (χ0n) is 47.2. The van der Waals surface area contributed by atoms with E-state index in [1.807, 2.05) is 37.3 Å². The Morgan fingerprint density at radius 3 is 1.37 bits per heavy atom. The molecule has 6 N–H and O–H groups in total. The van der Waals surface area contributed by atoms with Crippen molar-refractivity contribution in [2.45, 2.75) is 91.2 Å². The van der Waals surface area contributed by atoms with E-state index in [1.165, 1.54) is 54.7 Å². The van der Waals surface area contributed by atoms with E-state index >= 15 is 0 Å². The number of carbonyl (C=O) groups excluding carboxylic acids is 4. The van der Waals surface area contributed by atoms with E-state index in [1.54, 1.807) is 65.8 Å². The monoisotopic (exact) mass is 1180 g/mol. The molecule has 0 fully saturated rings. The van der Waals surface area contributed by atoms with Crippen molar-refractivity contribution >= 4 is 23.4 Å². The number of hydrogen-bond donors (Lipinski definition) is 4. The molecule has 0 aliphatic carbocycles. The van der Waals surface area contributed by atoms with Gasteiger partial charge in [0, 0.05) is 79.3 Å². The second-order valence-electron chi connectivity index (χ2n) is 20.1. The fourth-order valence-electron chi connectivity index (χ4n) is 9.90. The summed E-state index contributed by atoms with van der Waals surface area (Å²) in [6.45, 7) is 5.65. The SMILES string of the molecule is CCO.Cc1cn(CC(=O)C[C@@H](Cc2cc(F)cc(F)c2)c2ncccc2-c2ccc(F)c(C(N)=O)c2)c(CO)n1.Cc1cn(CC(=O)C[C@@H](Cc2cc(F)cc(F)c2)c2ncccc2-c2ccc(F)c(C(N)=O)c2)c(COCc2ccccc2)n1. The van der Waals surface area contributed by atoms with E-state index in [0.717, 1.165) is 35.5 Å². The van der Waals surface area contributed by atoms with Crippen LogP contribution in [0.25, 0.3) is 22.3 Å². The molecule has 9 rings (SSSR count). The summed E-state index contributed by atoms with van der Waals surface area (Å²) in [5, 5.41) is 17.1. The quantitative estimate of drug-likeness (QED) is 0.0440. The number of aromatic nitrogens is 6. The van der Waals surface area contributed by atoms with Crippen molar-refractivity contribution in [2.24, 2.45) is 11.5 Å². The summed E-state index contributed by atoms with van der Waals surface area (Å²) in [5.41, 5.74) is 16.0. The van der Waals surface area contributed by atoms with Crippen molar-refractivity contribution in [3.63, 3.8) is 0 Å². The molecular formula is C65H62F6N8O7. The Labute approximate surface area is 492 Å². The van der Waals surface area contributed by atoms with E-state index in [4.69, 9.17) is 21.3 Å². The van der Waals surface area contributed by atoms with Crippen LogP contribution in [0.4, 0.5) is 26.3 Å². The maximum atomic E-state index is 14.3. The number of aliphatic hydroxyl groups excluding tert-OH is 2. The maximum absolute atomic E-state index is 14.3. The fourth-order valence-corrected chi connectivity index (χ4v) is 9.90. The number of Topliss-reactive ketones (excluding diaryl/α,β-unsaturated/α-hetero) is 2. The number of nitrogens with zero attached hydrogens (tertiary/aromatic N) is 6. The number of imidazole rings is 2. The molecule has 0 spiro atoms. The Balaban J connectivity index is 0.000000238. The lowest BCUT2D eigenvalue weighted by molar-refractivity contribution is -0.120. The molecular weight excluding hydrogens is 1120 g/mol. The second kappa shape index (κ2) is 30.4. The van der Waals surface area contributed by atoms with Gasteiger partial charge in [0.1, 0.15) is 59.8 Å². The van der Waals surface area contributed by atoms with Crippen molar-refractivity contribution < 1.29 is 60.5 Å². The van der Waals surface area contributed by atoms with E-state index in [2.05, 4.69) is 19.9 Å². The number of amides is 2. The molecule has 15 nitrogen and oxygen atoms in total. The van der Waals surface area contributed by atoms with Crippen molar-refractivity contribution in [1.82, 2.24) is 29.1 Å². The van der Waals surface area contributed by atoms with E-state index in [-0.39, 0.29) is 81.3 Å². The molecule has 4 heterocycles. The van der Waals surface area contributed by atoms with Crippen LogP contribution in [0.3, 0.4) is 0 Å². The summed E-state index contributed by atoms with van der Waals surface area (Å²) in [5.74, 6) is -7.13. The lowest BCUT2D eigenvalue weighted by Gasteiger charge is -2.20. The predicted octanol–water partition coefficient (Wildman–Crippen LogP) is 10.7. The Bertz CT molecular complexity index is 3800. The lowest BCUT2D eigenvalue weighted by atomic mass is 9.86. The topological polar surface area (TPSA) is 231 Å². The molecule has 0 saturated heterocycles. The predicted molar refractivity (Wildman–Crippen MR) is 309 cm³/mol. The highest BCUT2D eigenvalue weighted by Gasteiger charge is 2.26. The number of hydrogen-bond acceptors (Lipinski definition) is 11. The van der Waals surface area contributed by atoms with Gasteiger partial charge in [-0.05, 0) is 122 Å². The van der Waals surface area contributed by atoms with Gasteiger partial charge in [-0.25, -0.2) is 36.3 Å². The number of carbonyl (C=O) groups is 4. The number of aliphatic hydroxyl groups is 2. The van der Waals surface area contributed by atoms with E-state index < -0.39 is 58.6 Å². The van der Waals surface area contributed by atoms with Crippen LogP contribution in [0.5, 0.6) is 0 Å². The van der Waals surface area contributed by atoms with Gasteiger partial charge in [0.15, 0.2) is 11.6 Å². The van der Waals surface area contributed by atoms with Gasteiger partial charge in [-0.3, -0.25) is 29.1 Å². The Kier molecular flexibility index (Phi) is 22.7. The van der Waals surface area contributed by atoms with Gasteiger partial charge in [-0.15, -0.1) is 0 Å². The van der Waals surface area contributed by atoms with Crippen LogP contribution in [0, 0.1) is 48.8 Å². The van der Waals surface area contributed by atoms with Crippen molar-refractivity contribution in [3.8, 4) is 22.3 Å². The molecule has 0 saturated carbocycles. The van der Waals surface area contributed by atoms with Gasteiger partial charge in [-0.1, -0.05) is 54.6 Å². The largest absolute Gasteiger partial charge is 0.397 e. The van der Waals surface area contributed by atoms with Crippen LogP contribution in [-0.4, -0.2) is 69.3 Å². The molecule has 2 atom stereocenters. The van der Waals surface area contributed by atoms with Gasteiger partial charge >= 0.3 is 0 Å². The number of primary amides is 2. The average molecular weight is 1180 g/mol. The molecule has 5 aromatic carbocycles. The molecule has 0 unspecified atom stereocenters. The second-order valence-corrected chi connectivity index (χ2v) is 20.1. The molecule has 21 heteroatoms. The van der Waals surface area contributed by atoms with Gasteiger partial charge in [-0.2, -0.15) is 0 Å². The maximum Gasteiger partial charge on any atom is 0.251 e. The molecule has 446 valence electrons. The third-order valence-electron chi connectivity index (χ3n) is 13.4. The molecule has 9 aromatic rings. The van der Waals surface area contributed by atoms with Crippen molar-refractivity contribution in [2.75, 3.05) is 6.61 Å². The van der Waals surface area contributed by atoms with Gasteiger partial charge in [0.2, 0.25) is 0 Å². The highest BCUT2D eigenvalue weighted by Crippen LogP contribution is 2.36. The molecule has 0 aliphatic heterocycles. The normalized spacial score (nSPS) is 11.7. The Morgan fingerprint density at radius 1 is 0.535 bits per heavy atom. The van der Waals surface area contributed by atoms with E-state index in [0.29, 0.717) is 68.7 Å². The number of ketones is 2. The van der Waals surface area contributed by atoms with E-state index in [9.17, 15) is 50.6 Å². The third-order valence-corrected chi connectivity index (χ3v) is 13.4. The lowest BCUT2D eigenvalue weighted by Crippen LogP contribution is -2.18. The van der Waals surface area contributed by atoms with Crippen molar-refractivity contribution in [1.29, 1.82) is 0 Å². The van der Waals surface area contributed by atoms with Crippen LogP contribution >= 0.6 is 0 Å². The molecule has 0 radical (unpaired) electrons. The van der Waals surface area contributed by atoms with Crippen LogP contribution in [-0.2, 0) is 60.1 Å². The number of nitrogens with two attached hydrogens (primary N) is 2. The summed E-state index contributed by atoms with van der Waals surface area (Å²) >= 11 is 0. The molecule has 86 heavy (non-hydrogen) atoms. The standard InChI is InChI=1S/C35H31F3N4O3.C28H25F3N4O3.C2H6O/c1-22-18-42(33(41-22)21-45-20-23-6-3-2-4-7-23)19-29(43)15-26(12-24-13-27(36)17-28(37)14-24)34-30(8-5-11-40-34)25-9-10-32(38)31(16-25)35(39)44;1-16-13-35(26(15-36)34-16)14-22(37)10-19(7-17-8-20(29)12-21(30)9-17)27-23(3-2-6-33-27)18-4-5-25(31)24(11-18)28(32)38;1-2-3/h2-11,13-14,16-18,26H,12,15,19-21H2,1H3,(H2,39,44);2-6,8-9,11-13,19,36H,7,10,14-15H2,1H3,(H2,32,38);3H,2H2,1H3/t26-;19-;/m11./s1. The number of halogens is 6. The van der Waals surface area contributed by atoms with Crippen LogP contribution in [0.1, 0.15) is 103 Å². The highest BCUT2D eigenvalue weighted by molar-refractivity contribution is 5.95. The Morgan fingerprint density at radius 2 is 0.953 bits per heavy atom. The summed E-state index contributed by atoms with van der Waals surface area (Å²) in [6, 6.07) is 30.6. The number of ether oxygens (including phenoxy) is 1. The number of benzene rings is 5. The molecule has 2 amide bonds. The summed E-state index contributed by atoms with van der Waals surface area (Å²) < 4.78 is 93.9. The van der Waals surface area contributed by atoms with Gasteiger partial charge in [0.25, 0.3) is 11.8 Å². The average Bonchev–Trinajstić information content (AvgIpc) is 1.63. The fraction of sp³-hybridized carbons (Fsp3) is 0.231. The van der Waals surface area contributed by atoms with Gasteiger partial charge < -0.3 is 35.6 Å². The first-order valence-electron chi connectivity index (χ1n) is 27.1. The minimum absolute atomic E-state index is 0.0105. The summed E-state index contributed by atoms with van der Waals surface area (Å²) in [7, 11) is 0. The Hall–Kier alpha value is -9.44. The first-order valence-corrected chi connectivity index (χ1v) is 27.1. The summed E-state index contributed by atoms with van der Waals surface area (Å²) in [4.78, 5) is 68.2. The number of pyridine rings is 2. The minimum atomic E-state index is -0.938. The summed E-state index contributed by atoms with van der Waals surface area (Å²) in [6.07, 6.45) is 6.55. The minimum Gasteiger partial charge on any atom is -0.397 e. The third kappa shape index (κ3) is 17.8. The van der Waals surface area contributed by atoms with Gasteiger partial charge in [0.05, 0.1) is 53.6 Å².